The molecule has 2 heterocycles. The number of carbonyl (C=O) groups excluding carboxylic acids is 2. The Bertz CT molecular complexity index is 1050. The molecule has 2 aliphatic rings. The maximum atomic E-state index is 13.6. The second-order valence-electron chi connectivity index (χ2n) is 8.54. The molecule has 1 aliphatic carbocycles. The van der Waals surface area contributed by atoms with Crippen LogP contribution in [0.25, 0.3) is 11.3 Å². The first-order valence-electron chi connectivity index (χ1n) is 10.6. The number of hydrogen-bond donors (Lipinski definition) is 1. The molecule has 0 saturated heterocycles. The zero-order valence-corrected chi connectivity index (χ0v) is 18.2. The van der Waals surface area contributed by atoms with Crippen molar-refractivity contribution in [2.24, 2.45) is 11.7 Å². The molecule has 172 valence electrons. The summed E-state index contributed by atoms with van der Waals surface area (Å²) in [6.07, 6.45) is 1.48. The Labute approximate surface area is 188 Å². The van der Waals surface area contributed by atoms with Gasteiger partial charge in [0.2, 0.25) is 11.8 Å². The molecule has 6 nitrogen and oxygen atoms in total. The van der Waals surface area contributed by atoms with Crippen molar-refractivity contribution < 1.29 is 22.8 Å². The number of alkyl halides is 2. The lowest BCUT2D eigenvalue weighted by Crippen LogP contribution is -2.39. The molecule has 1 aliphatic heterocycles. The van der Waals surface area contributed by atoms with Gasteiger partial charge in [-0.3, -0.25) is 14.3 Å². The van der Waals surface area contributed by atoms with E-state index in [1.165, 1.54) is 18.2 Å². The van der Waals surface area contributed by atoms with Crippen LogP contribution in [-0.4, -0.2) is 39.0 Å². The third-order valence-electron chi connectivity index (χ3n) is 6.38. The average molecular weight is 469 g/mol. The van der Waals surface area contributed by atoms with Crippen LogP contribution in [0.4, 0.5) is 13.2 Å². The van der Waals surface area contributed by atoms with Crippen LogP contribution in [0.3, 0.4) is 0 Å². The van der Waals surface area contributed by atoms with E-state index in [2.05, 4.69) is 5.10 Å². The summed E-state index contributed by atoms with van der Waals surface area (Å²) in [7, 11) is 0. The van der Waals surface area contributed by atoms with E-state index in [0.29, 0.717) is 49.3 Å². The molecule has 0 atom stereocenters. The van der Waals surface area contributed by atoms with Crippen molar-refractivity contribution in [3.05, 3.63) is 40.3 Å². The van der Waals surface area contributed by atoms with Gasteiger partial charge in [-0.15, -0.1) is 0 Å². The molecule has 1 fully saturated rings. The molecule has 2 N–H and O–H groups in total. The number of nitrogens with two attached hydrogens (primary N) is 1. The van der Waals surface area contributed by atoms with E-state index >= 15 is 0 Å². The molecule has 0 spiro atoms. The molecule has 2 amide bonds. The maximum absolute atomic E-state index is 13.6. The minimum atomic E-state index is -2.58. The van der Waals surface area contributed by atoms with Gasteiger partial charge in [0.1, 0.15) is 11.5 Å². The lowest BCUT2D eigenvalue weighted by atomic mass is 9.84. The zero-order valence-electron chi connectivity index (χ0n) is 17.4. The number of primary amides is 1. The smallest absolute Gasteiger partial charge is 0.252 e. The van der Waals surface area contributed by atoms with E-state index in [0.717, 1.165) is 0 Å². The minimum absolute atomic E-state index is 0.0865. The molecule has 1 aromatic heterocycles. The van der Waals surface area contributed by atoms with Crippen LogP contribution in [-0.2, 0) is 17.9 Å². The summed E-state index contributed by atoms with van der Waals surface area (Å²) in [6, 6.07) is 4.05. The van der Waals surface area contributed by atoms with Gasteiger partial charge in [0.25, 0.3) is 5.91 Å². The van der Waals surface area contributed by atoms with Gasteiger partial charge in [0.15, 0.2) is 0 Å². The van der Waals surface area contributed by atoms with Crippen LogP contribution in [0.1, 0.15) is 54.6 Å². The molecule has 10 heteroatoms. The summed E-state index contributed by atoms with van der Waals surface area (Å²) >= 11 is 5.88. The normalized spacial score (nSPS) is 18.4. The first kappa shape index (κ1) is 22.6. The quantitative estimate of drug-likeness (QED) is 0.706. The molecule has 2 aromatic rings. The van der Waals surface area contributed by atoms with Gasteiger partial charge in [-0.1, -0.05) is 11.6 Å². The van der Waals surface area contributed by atoms with Crippen molar-refractivity contribution >= 4 is 23.4 Å². The van der Waals surface area contributed by atoms with Crippen LogP contribution in [0.2, 0.25) is 5.02 Å². The molecular weight excluding hydrogens is 445 g/mol. The summed E-state index contributed by atoms with van der Waals surface area (Å²) in [6.45, 7) is 0.964. The summed E-state index contributed by atoms with van der Waals surface area (Å²) in [5.41, 5.74) is 7.08. The molecular formula is C22H24ClF3N4O2. The van der Waals surface area contributed by atoms with Gasteiger partial charge in [-0.05, 0) is 43.4 Å². The third-order valence-corrected chi connectivity index (χ3v) is 6.66. The van der Waals surface area contributed by atoms with Crippen LogP contribution >= 0.6 is 11.6 Å². The van der Waals surface area contributed by atoms with E-state index in [9.17, 15) is 22.8 Å². The van der Waals surface area contributed by atoms with Gasteiger partial charge in [0.05, 0.1) is 29.4 Å². The Morgan fingerprint density at radius 2 is 1.94 bits per heavy atom. The van der Waals surface area contributed by atoms with Gasteiger partial charge in [0, 0.05) is 31.4 Å². The highest BCUT2D eigenvalue weighted by molar-refractivity contribution is 6.31. The van der Waals surface area contributed by atoms with Crippen LogP contribution in [0.15, 0.2) is 18.2 Å². The number of benzene rings is 1. The average Bonchev–Trinajstić information content (AvgIpc) is 3.13. The van der Waals surface area contributed by atoms with Crippen molar-refractivity contribution in [3.63, 3.8) is 0 Å². The van der Waals surface area contributed by atoms with Gasteiger partial charge in [-0.2, -0.15) is 5.10 Å². The lowest BCUT2D eigenvalue weighted by Gasteiger charge is -2.30. The zero-order chi connectivity index (χ0) is 23.0. The molecule has 0 radical (unpaired) electrons. The first-order valence-corrected chi connectivity index (χ1v) is 11.0. The van der Waals surface area contributed by atoms with Gasteiger partial charge < -0.3 is 10.6 Å². The number of hydrogen-bond acceptors (Lipinski definition) is 3. The Hall–Kier alpha value is -2.55. The maximum Gasteiger partial charge on any atom is 0.252 e. The van der Waals surface area contributed by atoms with Crippen LogP contribution in [0.5, 0.6) is 0 Å². The molecule has 4 rings (SSSR count). The van der Waals surface area contributed by atoms with Gasteiger partial charge >= 0.3 is 0 Å². The number of aromatic nitrogens is 2. The summed E-state index contributed by atoms with van der Waals surface area (Å²) in [4.78, 5) is 26.7. The Balaban J connectivity index is 1.48. The summed E-state index contributed by atoms with van der Waals surface area (Å²) in [5, 5.41) is 4.37. The van der Waals surface area contributed by atoms with E-state index in [-0.39, 0.29) is 48.2 Å². The fourth-order valence-electron chi connectivity index (χ4n) is 4.51. The van der Waals surface area contributed by atoms with E-state index in [4.69, 9.17) is 17.3 Å². The highest BCUT2D eigenvalue weighted by Crippen LogP contribution is 2.38. The molecule has 0 unspecified atom stereocenters. The molecule has 32 heavy (non-hydrogen) atoms. The monoisotopic (exact) mass is 468 g/mol. The van der Waals surface area contributed by atoms with E-state index < -0.39 is 17.6 Å². The van der Waals surface area contributed by atoms with Crippen LogP contribution < -0.4 is 5.73 Å². The molecule has 0 bridgehead atoms. The largest absolute Gasteiger partial charge is 0.365 e. The van der Waals surface area contributed by atoms with Crippen molar-refractivity contribution in [2.75, 3.05) is 6.54 Å². The Morgan fingerprint density at radius 3 is 2.59 bits per heavy atom. The number of halogens is 4. The van der Waals surface area contributed by atoms with E-state index in [1.54, 1.807) is 9.58 Å². The summed E-state index contributed by atoms with van der Waals surface area (Å²) in [5.74, 6) is -3.82. The van der Waals surface area contributed by atoms with Crippen molar-refractivity contribution in [3.8, 4) is 11.3 Å². The fourth-order valence-corrected chi connectivity index (χ4v) is 4.69. The third kappa shape index (κ3) is 4.62. The topological polar surface area (TPSA) is 81.2 Å². The predicted molar refractivity (Wildman–Crippen MR) is 113 cm³/mol. The minimum Gasteiger partial charge on any atom is -0.365 e. The Kier molecular flexibility index (Phi) is 6.20. The SMILES string of the molecule is NC(=O)c1c(-c2ccc(F)c(Cl)c2)nn2c1CN(C(=O)CCC1CCC(F)(F)CC1)CC2. The second kappa shape index (κ2) is 8.77. The van der Waals surface area contributed by atoms with Crippen molar-refractivity contribution in [2.45, 2.75) is 57.5 Å². The molecule has 1 aromatic carbocycles. The number of fused-ring (bicyclic) bond motifs is 1. The molecule has 1 saturated carbocycles. The summed E-state index contributed by atoms with van der Waals surface area (Å²) < 4.78 is 41.9. The number of amides is 2. The van der Waals surface area contributed by atoms with Crippen molar-refractivity contribution in [1.82, 2.24) is 14.7 Å². The lowest BCUT2D eigenvalue weighted by molar-refractivity contribution is -0.133. The number of nitrogens with zero attached hydrogens (tertiary/aromatic N) is 3. The van der Waals surface area contributed by atoms with Crippen molar-refractivity contribution in [1.29, 1.82) is 0 Å². The Morgan fingerprint density at radius 1 is 1.22 bits per heavy atom. The fraction of sp³-hybridized carbons (Fsp3) is 0.500. The van der Waals surface area contributed by atoms with Gasteiger partial charge in [-0.25, -0.2) is 13.2 Å². The predicted octanol–water partition coefficient (Wildman–Crippen LogP) is 4.39. The number of rotatable bonds is 5. The van der Waals surface area contributed by atoms with Crippen LogP contribution in [0, 0.1) is 11.7 Å². The van der Waals surface area contributed by atoms with E-state index in [1.807, 2.05) is 0 Å². The number of carbonyl (C=O) groups is 2. The second-order valence-corrected chi connectivity index (χ2v) is 8.95. The highest BCUT2D eigenvalue weighted by Gasteiger charge is 2.35. The first-order chi connectivity index (χ1) is 15.1. The highest BCUT2D eigenvalue weighted by atomic mass is 35.5. The standard InChI is InChI=1S/C22H24ClF3N4O2/c23-15-11-14(2-3-16(15)24)20-19(21(27)32)17-12-29(9-10-30(17)28-20)18(31)4-1-13-5-7-22(25,26)8-6-13/h2-3,11,13H,1,4-10,12H2,(H2,27,32).